The molecule has 0 aromatic heterocycles. The molecule has 1 unspecified atom stereocenters. The molecule has 1 aromatic carbocycles. The zero-order valence-electron chi connectivity index (χ0n) is 13.1. The molecule has 4 atom stereocenters. The summed E-state index contributed by atoms with van der Waals surface area (Å²) in [5.74, 6) is 0.595. The smallest absolute Gasteiger partial charge is 0.0699 e. The van der Waals surface area contributed by atoms with E-state index in [-0.39, 0.29) is 23.9 Å². The molecule has 0 amide bonds. The van der Waals surface area contributed by atoms with Gasteiger partial charge >= 0.3 is 0 Å². The van der Waals surface area contributed by atoms with E-state index in [0.717, 1.165) is 30.2 Å². The Morgan fingerprint density at radius 2 is 2.14 bits per heavy atom. The molecule has 0 spiro atoms. The maximum absolute atomic E-state index is 10.0. The van der Waals surface area contributed by atoms with E-state index < -0.39 is 0 Å². The van der Waals surface area contributed by atoms with Crippen LogP contribution in [-0.4, -0.2) is 11.7 Å². The Hall–Kier alpha value is -1.11. The van der Waals surface area contributed by atoms with Gasteiger partial charge < -0.3 is 5.11 Å². The monoisotopic (exact) mass is 361 g/mol. The first kappa shape index (κ1) is 17.2. The van der Waals surface area contributed by atoms with Gasteiger partial charge in [-0.05, 0) is 55.2 Å². The van der Waals surface area contributed by atoms with Crippen molar-refractivity contribution in [2.45, 2.75) is 38.5 Å². The van der Waals surface area contributed by atoms with Crippen molar-refractivity contribution in [1.82, 2.24) is 0 Å². The van der Waals surface area contributed by atoms with Gasteiger partial charge in [-0.25, -0.2) is 0 Å². The number of rotatable bonds is 6. The van der Waals surface area contributed by atoms with E-state index in [9.17, 15) is 10.4 Å². The molecular weight excluding hydrogens is 338 g/mol. The predicted molar refractivity (Wildman–Crippen MR) is 93.3 cm³/mol. The van der Waals surface area contributed by atoms with Crippen LogP contribution in [0.4, 0.5) is 0 Å². The van der Waals surface area contributed by atoms with Gasteiger partial charge in [0.05, 0.1) is 11.5 Å². The van der Waals surface area contributed by atoms with Crippen molar-refractivity contribution >= 4 is 15.9 Å². The summed E-state index contributed by atoms with van der Waals surface area (Å²) in [5.41, 5.74) is 0.788. The molecule has 0 bridgehead atoms. The number of nitrogens with zero attached hydrogens (tertiary/aromatic N) is 1. The quantitative estimate of drug-likeness (QED) is 0.720. The average Bonchev–Trinajstić information content (AvgIpc) is 2.87. The van der Waals surface area contributed by atoms with Crippen LogP contribution in [0.25, 0.3) is 0 Å². The zero-order chi connectivity index (χ0) is 16.2. The van der Waals surface area contributed by atoms with Crippen LogP contribution in [-0.2, 0) is 0 Å². The number of allylic oxidation sites excluding steroid dienone is 1. The van der Waals surface area contributed by atoms with Crippen LogP contribution in [0.2, 0.25) is 0 Å². The number of nitriles is 1. The van der Waals surface area contributed by atoms with Gasteiger partial charge in [-0.15, -0.1) is 6.58 Å². The van der Waals surface area contributed by atoms with Crippen molar-refractivity contribution in [2.75, 3.05) is 6.61 Å². The SMILES string of the molecule is C=CCCC1C[C@@H](CO)[C@@H](c2ccc(Br)cc2)[C@]1(C#N)CC. The lowest BCUT2D eigenvalue weighted by molar-refractivity contribution is 0.192. The minimum atomic E-state index is -0.385. The first-order valence-corrected chi connectivity index (χ1v) is 8.80. The largest absolute Gasteiger partial charge is 0.396 e. The molecule has 0 aliphatic heterocycles. The Balaban J connectivity index is 2.44. The summed E-state index contributed by atoms with van der Waals surface area (Å²) in [7, 11) is 0. The fourth-order valence-corrected chi connectivity index (χ4v) is 4.51. The molecule has 1 aliphatic rings. The minimum Gasteiger partial charge on any atom is -0.396 e. The van der Waals surface area contributed by atoms with Crippen molar-refractivity contribution in [2.24, 2.45) is 17.3 Å². The molecule has 1 aromatic rings. The summed E-state index contributed by atoms with van der Waals surface area (Å²) >= 11 is 3.47. The highest BCUT2D eigenvalue weighted by Gasteiger charge is 2.54. The highest BCUT2D eigenvalue weighted by molar-refractivity contribution is 9.10. The topological polar surface area (TPSA) is 44.0 Å². The van der Waals surface area contributed by atoms with Crippen molar-refractivity contribution in [3.05, 3.63) is 47.0 Å². The Kier molecular flexibility index (Phi) is 5.83. The first-order valence-electron chi connectivity index (χ1n) is 8.01. The van der Waals surface area contributed by atoms with Gasteiger partial charge in [-0.1, -0.05) is 41.1 Å². The Labute approximate surface area is 142 Å². The number of aliphatic hydroxyl groups excluding tert-OH is 1. The zero-order valence-corrected chi connectivity index (χ0v) is 14.7. The van der Waals surface area contributed by atoms with Gasteiger partial charge in [0.2, 0.25) is 0 Å². The molecule has 2 rings (SSSR count). The fourth-order valence-electron chi connectivity index (χ4n) is 4.25. The van der Waals surface area contributed by atoms with Gasteiger partial charge in [0.25, 0.3) is 0 Å². The van der Waals surface area contributed by atoms with Crippen LogP contribution in [0, 0.1) is 28.6 Å². The molecule has 1 aliphatic carbocycles. The standard InChI is InChI=1S/C19H24BrNO/c1-3-5-6-16-11-15(12-22)18(19(16,4-2)13-21)14-7-9-17(20)10-8-14/h3,7-10,15-16,18,22H,1,4-6,11-12H2,2H3/t15-,16?,18+,19-/m0/s1. The van der Waals surface area contributed by atoms with Crippen molar-refractivity contribution < 1.29 is 5.11 Å². The molecule has 3 heteroatoms. The lowest BCUT2D eigenvalue weighted by Crippen LogP contribution is -2.30. The van der Waals surface area contributed by atoms with E-state index in [0.29, 0.717) is 5.92 Å². The highest BCUT2D eigenvalue weighted by Crippen LogP contribution is 2.59. The number of benzene rings is 1. The first-order chi connectivity index (χ1) is 10.6. The highest BCUT2D eigenvalue weighted by atomic mass is 79.9. The number of halogens is 1. The number of aliphatic hydroxyl groups is 1. The second-order valence-corrected chi connectivity index (χ2v) is 7.19. The van der Waals surface area contributed by atoms with Crippen molar-refractivity contribution in [3.8, 4) is 6.07 Å². The summed E-state index contributed by atoms with van der Waals surface area (Å²) in [6.07, 6.45) is 5.58. The minimum absolute atomic E-state index is 0.107. The predicted octanol–water partition coefficient (Wildman–Crippen LogP) is 5.05. The van der Waals surface area contributed by atoms with Crippen LogP contribution < -0.4 is 0 Å². The molecule has 0 heterocycles. The Morgan fingerprint density at radius 3 is 2.64 bits per heavy atom. The van der Waals surface area contributed by atoms with E-state index in [1.807, 2.05) is 18.2 Å². The Bertz CT molecular complexity index is 548. The van der Waals surface area contributed by atoms with E-state index >= 15 is 0 Å². The third-order valence-corrected chi connectivity index (χ3v) is 5.85. The average molecular weight is 362 g/mol. The molecule has 0 saturated heterocycles. The van der Waals surface area contributed by atoms with E-state index in [2.05, 4.69) is 47.6 Å². The second kappa shape index (κ2) is 7.44. The van der Waals surface area contributed by atoms with Crippen molar-refractivity contribution in [1.29, 1.82) is 5.26 Å². The van der Waals surface area contributed by atoms with Gasteiger partial charge in [-0.2, -0.15) is 5.26 Å². The van der Waals surface area contributed by atoms with Gasteiger partial charge in [0.1, 0.15) is 0 Å². The molecular formula is C19H24BrNO. The third-order valence-electron chi connectivity index (χ3n) is 5.32. The van der Waals surface area contributed by atoms with Crippen LogP contribution in [0.1, 0.15) is 44.1 Å². The van der Waals surface area contributed by atoms with E-state index in [1.54, 1.807) is 0 Å². The molecule has 2 nitrogen and oxygen atoms in total. The summed E-state index contributed by atoms with van der Waals surface area (Å²) < 4.78 is 1.04. The van der Waals surface area contributed by atoms with Gasteiger partial charge in [0.15, 0.2) is 0 Å². The molecule has 0 radical (unpaired) electrons. The summed E-state index contributed by atoms with van der Waals surface area (Å²) in [6.45, 7) is 6.06. The van der Waals surface area contributed by atoms with Crippen LogP contribution >= 0.6 is 15.9 Å². The van der Waals surface area contributed by atoms with Gasteiger partial charge in [0, 0.05) is 17.0 Å². The second-order valence-electron chi connectivity index (χ2n) is 6.28. The third kappa shape index (κ3) is 3.00. The molecule has 1 saturated carbocycles. The van der Waals surface area contributed by atoms with E-state index in [4.69, 9.17) is 0 Å². The maximum Gasteiger partial charge on any atom is 0.0699 e. The van der Waals surface area contributed by atoms with Crippen LogP contribution in [0.15, 0.2) is 41.4 Å². The summed E-state index contributed by atoms with van der Waals surface area (Å²) in [5, 5.41) is 19.9. The number of hydrogen-bond donors (Lipinski definition) is 1. The van der Waals surface area contributed by atoms with Crippen LogP contribution in [0.3, 0.4) is 0 Å². The lowest BCUT2D eigenvalue weighted by Gasteiger charge is -2.34. The molecule has 1 N–H and O–H groups in total. The number of hydrogen-bond acceptors (Lipinski definition) is 2. The Morgan fingerprint density at radius 1 is 1.45 bits per heavy atom. The lowest BCUT2D eigenvalue weighted by atomic mass is 9.66. The molecule has 1 fully saturated rings. The summed E-state index contributed by atoms with van der Waals surface area (Å²) in [4.78, 5) is 0. The van der Waals surface area contributed by atoms with Crippen LogP contribution in [0.5, 0.6) is 0 Å². The molecule has 118 valence electrons. The van der Waals surface area contributed by atoms with Crippen molar-refractivity contribution in [3.63, 3.8) is 0 Å². The van der Waals surface area contributed by atoms with Gasteiger partial charge in [-0.3, -0.25) is 0 Å². The van der Waals surface area contributed by atoms with E-state index in [1.165, 1.54) is 5.56 Å². The normalized spacial score (nSPS) is 30.9. The summed E-state index contributed by atoms with van der Waals surface area (Å²) in [6, 6.07) is 10.9. The fraction of sp³-hybridized carbons (Fsp3) is 0.526. The molecule has 22 heavy (non-hydrogen) atoms. The maximum atomic E-state index is 10.0.